The molecular weight excluding hydrogens is 256 g/mol. The lowest BCUT2D eigenvalue weighted by Crippen LogP contribution is -2.24. The number of rotatable bonds is 3. The normalized spacial score (nSPS) is 10.9. The van der Waals surface area contributed by atoms with Crippen molar-refractivity contribution >= 4 is 16.9 Å². The van der Waals surface area contributed by atoms with Gasteiger partial charge in [-0.15, -0.1) is 0 Å². The first-order chi connectivity index (χ1) is 9.65. The van der Waals surface area contributed by atoms with Gasteiger partial charge >= 0.3 is 0 Å². The van der Waals surface area contributed by atoms with Gasteiger partial charge in [-0.25, -0.2) is 4.98 Å². The van der Waals surface area contributed by atoms with Crippen LogP contribution in [0, 0.1) is 6.92 Å². The summed E-state index contributed by atoms with van der Waals surface area (Å²) in [7, 11) is 1.93. The van der Waals surface area contributed by atoms with Crippen LogP contribution in [0.1, 0.15) is 22.1 Å². The molecule has 0 spiro atoms. The van der Waals surface area contributed by atoms with Crippen LogP contribution in [0.3, 0.4) is 0 Å². The molecule has 2 heterocycles. The fourth-order valence-corrected chi connectivity index (χ4v) is 2.08. The summed E-state index contributed by atoms with van der Waals surface area (Å²) in [4.78, 5) is 16.4. The number of fused-ring (bicyclic) bond motifs is 1. The Morgan fingerprint density at radius 1 is 1.40 bits per heavy atom. The Morgan fingerprint density at radius 3 is 2.90 bits per heavy atom. The van der Waals surface area contributed by atoms with Crippen LogP contribution in [-0.4, -0.2) is 20.6 Å². The largest absolute Gasteiger partial charge is 0.361 e. The third kappa shape index (κ3) is 2.16. The van der Waals surface area contributed by atoms with Gasteiger partial charge in [-0.1, -0.05) is 17.3 Å². The summed E-state index contributed by atoms with van der Waals surface area (Å²) in [6, 6.07) is 9.45. The number of carbonyl (C=O) groups excluding carboxylic acids is 1. The SMILES string of the molecule is Cc1cc(C(=O)NCc2nc3ccccc3n2C)no1. The maximum Gasteiger partial charge on any atom is 0.273 e. The molecular formula is C14H14N4O2. The maximum atomic E-state index is 11.9. The Hall–Kier alpha value is -2.63. The first-order valence-corrected chi connectivity index (χ1v) is 6.27. The van der Waals surface area contributed by atoms with Gasteiger partial charge in [-0.3, -0.25) is 4.79 Å². The Labute approximate surface area is 115 Å². The molecule has 0 aliphatic rings. The molecule has 0 saturated heterocycles. The topological polar surface area (TPSA) is 73.0 Å². The lowest BCUT2D eigenvalue weighted by Gasteiger charge is -2.03. The first-order valence-electron chi connectivity index (χ1n) is 6.27. The van der Waals surface area contributed by atoms with Gasteiger partial charge in [0.15, 0.2) is 5.69 Å². The maximum absolute atomic E-state index is 11.9. The summed E-state index contributed by atoms with van der Waals surface area (Å²) >= 11 is 0. The minimum Gasteiger partial charge on any atom is -0.361 e. The molecule has 0 unspecified atom stereocenters. The molecule has 3 rings (SSSR count). The number of aromatic nitrogens is 3. The van der Waals surface area contributed by atoms with Crippen molar-refractivity contribution in [3.05, 3.63) is 47.6 Å². The summed E-state index contributed by atoms with van der Waals surface area (Å²) in [6.45, 7) is 2.09. The fourth-order valence-electron chi connectivity index (χ4n) is 2.08. The summed E-state index contributed by atoms with van der Waals surface area (Å²) in [5, 5.41) is 6.46. The molecule has 2 aromatic heterocycles. The zero-order valence-electron chi connectivity index (χ0n) is 11.3. The van der Waals surface area contributed by atoms with Gasteiger partial charge in [0, 0.05) is 13.1 Å². The smallest absolute Gasteiger partial charge is 0.273 e. The first kappa shape index (κ1) is 12.4. The third-order valence-corrected chi connectivity index (χ3v) is 3.15. The average Bonchev–Trinajstić information content (AvgIpc) is 3.01. The molecule has 0 saturated carbocycles. The van der Waals surface area contributed by atoms with E-state index in [0.29, 0.717) is 12.3 Å². The number of benzene rings is 1. The minimum atomic E-state index is -0.270. The number of hydrogen-bond donors (Lipinski definition) is 1. The summed E-state index contributed by atoms with van der Waals surface area (Å²) < 4.78 is 6.84. The molecule has 1 aromatic carbocycles. The minimum absolute atomic E-state index is 0.270. The number of carbonyl (C=O) groups is 1. The van der Waals surface area contributed by atoms with Crippen LogP contribution in [0.2, 0.25) is 0 Å². The van der Waals surface area contributed by atoms with Crippen molar-refractivity contribution in [1.82, 2.24) is 20.0 Å². The van der Waals surface area contributed by atoms with Crippen molar-refractivity contribution < 1.29 is 9.32 Å². The number of hydrogen-bond acceptors (Lipinski definition) is 4. The lowest BCUT2D eigenvalue weighted by molar-refractivity contribution is 0.0940. The Balaban J connectivity index is 1.77. The van der Waals surface area contributed by atoms with Crippen LogP contribution < -0.4 is 5.32 Å². The molecule has 0 fully saturated rings. The van der Waals surface area contributed by atoms with E-state index in [2.05, 4.69) is 15.5 Å². The number of nitrogens with zero attached hydrogens (tertiary/aromatic N) is 3. The highest BCUT2D eigenvalue weighted by atomic mass is 16.5. The molecule has 1 amide bonds. The van der Waals surface area contributed by atoms with Gasteiger partial charge < -0.3 is 14.4 Å². The zero-order chi connectivity index (χ0) is 14.1. The molecule has 3 aromatic rings. The molecule has 0 bridgehead atoms. The predicted octanol–water partition coefficient (Wildman–Crippen LogP) is 1.80. The standard InChI is InChI=1S/C14H14N4O2/c1-9-7-11(17-20-9)14(19)15-8-13-16-10-5-3-4-6-12(10)18(13)2/h3-7H,8H2,1-2H3,(H,15,19). The molecule has 6 nitrogen and oxygen atoms in total. The average molecular weight is 270 g/mol. The molecule has 102 valence electrons. The molecule has 0 aliphatic heterocycles. The van der Waals surface area contributed by atoms with Gasteiger partial charge in [0.2, 0.25) is 0 Å². The number of aryl methyl sites for hydroxylation is 2. The Morgan fingerprint density at radius 2 is 2.20 bits per heavy atom. The lowest BCUT2D eigenvalue weighted by atomic mass is 10.3. The van der Waals surface area contributed by atoms with Crippen molar-refractivity contribution in [2.24, 2.45) is 7.05 Å². The zero-order valence-corrected chi connectivity index (χ0v) is 11.3. The van der Waals surface area contributed by atoms with Crippen LogP contribution >= 0.6 is 0 Å². The molecule has 0 atom stereocenters. The van der Waals surface area contributed by atoms with E-state index in [1.54, 1.807) is 13.0 Å². The number of nitrogens with one attached hydrogen (secondary N) is 1. The van der Waals surface area contributed by atoms with Crippen LogP contribution in [0.4, 0.5) is 0 Å². The highest BCUT2D eigenvalue weighted by molar-refractivity contribution is 5.92. The summed E-state index contributed by atoms with van der Waals surface area (Å²) in [5.41, 5.74) is 2.23. The van der Waals surface area contributed by atoms with E-state index in [9.17, 15) is 4.79 Å². The second-order valence-electron chi connectivity index (χ2n) is 4.58. The van der Waals surface area contributed by atoms with Gasteiger partial charge in [-0.05, 0) is 19.1 Å². The predicted molar refractivity (Wildman–Crippen MR) is 73.1 cm³/mol. The van der Waals surface area contributed by atoms with Crippen LogP contribution in [-0.2, 0) is 13.6 Å². The van der Waals surface area contributed by atoms with E-state index in [-0.39, 0.29) is 11.6 Å². The second-order valence-corrected chi connectivity index (χ2v) is 4.58. The molecule has 0 aliphatic carbocycles. The second kappa shape index (κ2) is 4.80. The fraction of sp³-hybridized carbons (Fsp3) is 0.214. The van der Waals surface area contributed by atoms with Crippen molar-refractivity contribution in [2.75, 3.05) is 0 Å². The van der Waals surface area contributed by atoms with Crippen LogP contribution in [0.15, 0.2) is 34.9 Å². The molecule has 1 N–H and O–H groups in total. The van der Waals surface area contributed by atoms with Crippen molar-refractivity contribution in [3.8, 4) is 0 Å². The Kier molecular flexibility index (Phi) is 2.98. The number of imidazole rings is 1. The highest BCUT2D eigenvalue weighted by Gasteiger charge is 2.12. The monoisotopic (exact) mass is 270 g/mol. The number of amides is 1. The van der Waals surface area contributed by atoms with Crippen LogP contribution in [0.5, 0.6) is 0 Å². The van der Waals surface area contributed by atoms with Crippen molar-refractivity contribution in [3.63, 3.8) is 0 Å². The van der Waals surface area contributed by atoms with E-state index in [4.69, 9.17) is 4.52 Å². The van der Waals surface area contributed by atoms with Gasteiger partial charge in [-0.2, -0.15) is 0 Å². The van der Waals surface area contributed by atoms with Gasteiger partial charge in [0.1, 0.15) is 11.6 Å². The molecule has 6 heteroatoms. The van der Waals surface area contributed by atoms with Crippen LogP contribution in [0.25, 0.3) is 11.0 Å². The van der Waals surface area contributed by atoms with Crippen molar-refractivity contribution in [1.29, 1.82) is 0 Å². The Bertz CT molecular complexity index is 772. The molecule has 20 heavy (non-hydrogen) atoms. The van der Waals surface area contributed by atoms with E-state index >= 15 is 0 Å². The third-order valence-electron chi connectivity index (χ3n) is 3.15. The van der Waals surface area contributed by atoms with E-state index in [1.807, 2.05) is 35.9 Å². The van der Waals surface area contributed by atoms with E-state index in [1.165, 1.54) is 0 Å². The number of para-hydroxylation sites is 2. The van der Waals surface area contributed by atoms with E-state index < -0.39 is 0 Å². The van der Waals surface area contributed by atoms with Gasteiger partial charge in [0.25, 0.3) is 5.91 Å². The van der Waals surface area contributed by atoms with E-state index in [0.717, 1.165) is 16.9 Å². The summed E-state index contributed by atoms with van der Waals surface area (Å²) in [6.07, 6.45) is 0. The highest BCUT2D eigenvalue weighted by Crippen LogP contribution is 2.14. The van der Waals surface area contributed by atoms with Gasteiger partial charge in [0.05, 0.1) is 17.6 Å². The molecule has 0 radical (unpaired) electrons. The van der Waals surface area contributed by atoms with Crippen molar-refractivity contribution in [2.45, 2.75) is 13.5 Å². The quantitative estimate of drug-likeness (QED) is 0.787. The summed E-state index contributed by atoms with van der Waals surface area (Å²) in [5.74, 6) is 1.13.